The van der Waals surface area contributed by atoms with Gasteiger partial charge in [-0.15, -0.1) is 11.3 Å². The fraction of sp³-hybridized carbons (Fsp3) is 0.321. The summed E-state index contributed by atoms with van der Waals surface area (Å²) >= 11 is 4.67. The third kappa shape index (κ3) is 7.05. The molecule has 0 bridgehead atoms. The first-order chi connectivity index (χ1) is 17.9. The number of amides is 1. The second kappa shape index (κ2) is 11.3. The number of benzene rings is 2. The largest absolute Gasteiger partial charge is 0.435 e. The van der Waals surface area contributed by atoms with Gasteiger partial charge in [0.25, 0.3) is 5.56 Å². The highest BCUT2D eigenvalue weighted by Gasteiger charge is 2.26. The minimum atomic E-state index is -2.95. The molecule has 1 aliphatic carbocycles. The van der Waals surface area contributed by atoms with Crippen molar-refractivity contribution in [1.29, 1.82) is 0 Å². The van der Waals surface area contributed by atoms with Gasteiger partial charge in [-0.1, -0.05) is 42.8 Å². The molecule has 4 rings (SSSR count). The van der Waals surface area contributed by atoms with E-state index in [4.69, 9.17) is 0 Å². The molecular weight excluding hydrogens is 578 g/mol. The Morgan fingerprint density at radius 3 is 2.47 bits per heavy atom. The molecule has 0 atom stereocenters. The van der Waals surface area contributed by atoms with Crippen molar-refractivity contribution in [2.45, 2.75) is 52.7 Å². The van der Waals surface area contributed by atoms with Crippen molar-refractivity contribution >= 4 is 56.8 Å². The van der Waals surface area contributed by atoms with Crippen LogP contribution < -0.4 is 24.8 Å². The molecule has 1 amide bonds. The minimum Gasteiger partial charge on any atom is -0.435 e. The Morgan fingerprint density at radius 2 is 1.87 bits per heavy atom. The van der Waals surface area contributed by atoms with Crippen LogP contribution in [0.15, 0.2) is 51.7 Å². The number of nitrogens with one attached hydrogen (secondary N) is 1. The van der Waals surface area contributed by atoms with Crippen molar-refractivity contribution in [3.63, 3.8) is 0 Å². The topological polar surface area (TPSA) is 77.4 Å². The van der Waals surface area contributed by atoms with E-state index < -0.39 is 17.9 Å². The van der Waals surface area contributed by atoms with E-state index >= 15 is 0 Å². The lowest BCUT2D eigenvalue weighted by atomic mass is 9.91. The van der Waals surface area contributed by atoms with Gasteiger partial charge in [-0.25, -0.2) is 0 Å². The maximum absolute atomic E-state index is 13.5. The van der Waals surface area contributed by atoms with Crippen LogP contribution in [0.3, 0.4) is 0 Å². The Hall–Kier alpha value is -3.11. The second-order valence-corrected chi connectivity index (χ2v) is 12.1. The Balaban J connectivity index is 1.70. The molecular formula is C28H27BrF2N2O4S. The summed E-state index contributed by atoms with van der Waals surface area (Å²) in [6.45, 7) is 2.08. The average molecular weight is 606 g/mol. The fourth-order valence-electron chi connectivity index (χ4n) is 3.76. The number of ketones is 1. The van der Waals surface area contributed by atoms with Crippen LogP contribution in [0.5, 0.6) is 5.75 Å². The molecule has 200 valence electrons. The smallest absolute Gasteiger partial charge is 0.387 e. The first-order valence-corrected chi connectivity index (χ1v) is 13.6. The fourth-order valence-corrected chi connectivity index (χ4v) is 5.17. The van der Waals surface area contributed by atoms with Gasteiger partial charge in [-0.2, -0.15) is 8.78 Å². The van der Waals surface area contributed by atoms with Crippen LogP contribution in [-0.4, -0.2) is 22.9 Å². The molecule has 0 spiro atoms. The number of ether oxygens (including phenoxy) is 1. The number of aromatic nitrogens is 1. The van der Waals surface area contributed by atoms with Crippen LogP contribution in [0.2, 0.25) is 0 Å². The standard InChI is InChI=1S/C28H27BrF2N2O4S/c1-28(2,3)23(34)14-25-33(15-24(35)32-19-7-9-20(10-8-19)37-27(30)31)26(36)22(38-25)13-17-12-18(29)6-11-21(17)16-4-5-16/h6-14,16,27H,4-5,15H2,1-3H3,(H,32,35)/b22-13+,25-14-. The van der Waals surface area contributed by atoms with Crippen LogP contribution in [-0.2, 0) is 16.1 Å². The van der Waals surface area contributed by atoms with E-state index in [0.29, 0.717) is 20.8 Å². The first kappa shape index (κ1) is 27.9. The first-order valence-electron chi connectivity index (χ1n) is 12.0. The van der Waals surface area contributed by atoms with E-state index in [-0.39, 0.29) is 23.6 Å². The number of hydrogen-bond acceptors (Lipinski definition) is 5. The normalized spacial score (nSPS) is 14.7. The van der Waals surface area contributed by atoms with Crippen molar-refractivity contribution in [3.8, 4) is 5.75 Å². The summed E-state index contributed by atoms with van der Waals surface area (Å²) in [5.41, 5.74) is 1.41. The summed E-state index contributed by atoms with van der Waals surface area (Å²) in [5.74, 6) is -0.246. The maximum Gasteiger partial charge on any atom is 0.387 e. The Kier molecular flexibility index (Phi) is 8.32. The van der Waals surface area contributed by atoms with Crippen molar-refractivity contribution in [3.05, 3.63) is 77.6 Å². The number of anilines is 1. The van der Waals surface area contributed by atoms with Crippen molar-refractivity contribution in [1.82, 2.24) is 4.57 Å². The zero-order valence-electron chi connectivity index (χ0n) is 21.1. The predicted molar refractivity (Wildman–Crippen MR) is 148 cm³/mol. The van der Waals surface area contributed by atoms with Crippen LogP contribution in [0.4, 0.5) is 14.5 Å². The van der Waals surface area contributed by atoms with Gasteiger partial charge in [-0.3, -0.25) is 19.0 Å². The highest BCUT2D eigenvalue weighted by atomic mass is 79.9. The summed E-state index contributed by atoms with van der Waals surface area (Å²) in [6, 6.07) is 11.5. The number of alkyl halides is 2. The zero-order chi connectivity index (χ0) is 27.6. The van der Waals surface area contributed by atoms with Crippen LogP contribution in [0.1, 0.15) is 50.7 Å². The third-order valence-corrected chi connectivity index (χ3v) is 7.50. The summed E-state index contributed by atoms with van der Waals surface area (Å²) in [7, 11) is 0. The summed E-state index contributed by atoms with van der Waals surface area (Å²) in [6.07, 6.45) is 5.44. The summed E-state index contributed by atoms with van der Waals surface area (Å²) < 4.78 is 32.1. The molecule has 2 aromatic carbocycles. The summed E-state index contributed by atoms with van der Waals surface area (Å²) in [5, 5.41) is 2.66. The van der Waals surface area contributed by atoms with Crippen LogP contribution in [0.25, 0.3) is 12.2 Å². The van der Waals surface area contributed by atoms with Gasteiger partial charge in [0, 0.05) is 21.7 Å². The van der Waals surface area contributed by atoms with Gasteiger partial charge >= 0.3 is 6.61 Å². The quantitative estimate of drug-likeness (QED) is 0.392. The molecule has 0 radical (unpaired) electrons. The van der Waals surface area contributed by atoms with Crippen LogP contribution in [0, 0.1) is 5.41 Å². The molecule has 1 N–H and O–H groups in total. The van der Waals surface area contributed by atoms with Crippen LogP contribution >= 0.6 is 27.3 Å². The van der Waals surface area contributed by atoms with Crippen molar-refractivity contribution in [2.75, 3.05) is 5.32 Å². The number of Topliss-reactive ketones (excluding diaryl/α,β-unsaturated/α-hetero) is 1. The molecule has 38 heavy (non-hydrogen) atoms. The Morgan fingerprint density at radius 1 is 1.18 bits per heavy atom. The summed E-state index contributed by atoms with van der Waals surface area (Å²) in [4.78, 5) is 39.1. The minimum absolute atomic E-state index is 0.0390. The average Bonchev–Trinajstić information content (AvgIpc) is 3.63. The van der Waals surface area contributed by atoms with E-state index in [1.165, 1.54) is 40.5 Å². The van der Waals surface area contributed by atoms with Gasteiger partial charge in [0.2, 0.25) is 5.91 Å². The lowest BCUT2D eigenvalue weighted by Crippen LogP contribution is -2.36. The SMILES string of the molecule is CC(C)(C)C(=O)/C=c1\s/c(=C/c2cc(Br)ccc2C2CC2)c(=O)n1CC(=O)Nc1ccc(OC(F)F)cc1. The molecule has 0 saturated heterocycles. The molecule has 0 aliphatic heterocycles. The third-order valence-electron chi connectivity index (χ3n) is 5.95. The number of nitrogens with zero attached hydrogens (tertiary/aromatic N) is 1. The number of carbonyl (C=O) groups excluding carboxylic acids is 2. The lowest BCUT2D eigenvalue weighted by Gasteiger charge is -2.13. The van der Waals surface area contributed by atoms with Gasteiger partial charge in [0.15, 0.2) is 5.78 Å². The molecule has 1 aromatic heterocycles. The van der Waals surface area contributed by atoms with E-state index in [1.807, 2.05) is 18.2 Å². The highest BCUT2D eigenvalue weighted by molar-refractivity contribution is 9.10. The molecule has 3 aromatic rings. The number of hydrogen-bond donors (Lipinski definition) is 1. The molecule has 0 unspecified atom stereocenters. The Bertz CT molecular complexity index is 1530. The molecule has 6 nitrogen and oxygen atoms in total. The van der Waals surface area contributed by atoms with E-state index in [2.05, 4.69) is 32.0 Å². The lowest BCUT2D eigenvalue weighted by molar-refractivity contribution is -0.120. The molecule has 10 heteroatoms. The zero-order valence-corrected chi connectivity index (χ0v) is 23.5. The predicted octanol–water partition coefficient (Wildman–Crippen LogP) is 5.01. The van der Waals surface area contributed by atoms with E-state index in [0.717, 1.165) is 34.2 Å². The highest BCUT2D eigenvalue weighted by Crippen LogP contribution is 2.42. The van der Waals surface area contributed by atoms with Crippen molar-refractivity contribution < 1.29 is 23.1 Å². The van der Waals surface area contributed by atoms with Gasteiger partial charge < -0.3 is 10.1 Å². The number of halogens is 3. The molecule has 1 saturated carbocycles. The second-order valence-electron chi connectivity index (χ2n) is 10.1. The molecule has 1 heterocycles. The van der Waals surface area contributed by atoms with Gasteiger partial charge in [0.1, 0.15) is 17.0 Å². The van der Waals surface area contributed by atoms with Gasteiger partial charge in [-0.05, 0) is 72.4 Å². The van der Waals surface area contributed by atoms with Gasteiger partial charge in [0.05, 0.1) is 4.53 Å². The van der Waals surface area contributed by atoms with E-state index in [9.17, 15) is 23.2 Å². The van der Waals surface area contributed by atoms with Crippen molar-refractivity contribution in [2.24, 2.45) is 5.41 Å². The number of carbonyl (C=O) groups is 2. The monoisotopic (exact) mass is 604 g/mol. The molecule has 1 aliphatic rings. The number of rotatable bonds is 8. The van der Waals surface area contributed by atoms with E-state index in [1.54, 1.807) is 20.8 Å². The number of thiazole rings is 1. The maximum atomic E-state index is 13.5. The Labute approximate surface area is 230 Å². The molecule has 1 fully saturated rings.